The van der Waals surface area contributed by atoms with Crippen LogP contribution in [-0.2, 0) is 20.7 Å². The summed E-state index contributed by atoms with van der Waals surface area (Å²) in [6.45, 7) is 2.60. The Bertz CT molecular complexity index is 709. The summed E-state index contributed by atoms with van der Waals surface area (Å²) in [6, 6.07) is 7.75. The maximum absolute atomic E-state index is 12.4. The van der Waals surface area contributed by atoms with Gasteiger partial charge in [0.1, 0.15) is 5.82 Å². The summed E-state index contributed by atoms with van der Waals surface area (Å²) in [4.78, 5) is 33.1. The molecule has 0 spiro atoms. The Kier molecular flexibility index (Phi) is 4.04. The lowest BCUT2D eigenvalue weighted by molar-refractivity contribution is -0.160. The molecule has 1 aliphatic rings. The highest BCUT2D eigenvalue weighted by Gasteiger charge is 2.39. The van der Waals surface area contributed by atoms with Crippen molar-refractivity contribution in [3.63, 3.8) is 0 Å². The first-order chi connectivity index (χ1) is 11.0. The van der Waals surface area contributed by atoms with Gasteiger partial charge in [0.05, 0.1) is 24.2 Å². The van der Waals surface area contributed by atoms with Crippen molar-refractivity contribution in [1.82, 2.24) is 14.9 Å². The van der Waals surface area contributed by atoms with Crippen molar-refractivity contribution in [1.29, 1.82) is 0 Å². The van der Waals surface area contributed by atoms with Gasteiger partial charge < -0.3 is 20.4 Å². The van der Waals surface area contributed by atoms with Gasteiger partial charge in [-0.05, 0) is 19.1 Å². The van der Waals surface area contributed by atoms with Crippen LogP contribution in [0, 0.1) is 0 Å². The zero-order valence-electron chi connectivity index (χ0n) is 13.0. The number of nitrogens with one attached hydrogen (secondary N) is 1. The maximum atomic E-state index is 12.4. The fourth-order valence-electron chi connectivity index (χ4n) is 2.74. The highest BCUT2D eigenvalue weighted by Crippen LogP contribution is 2.18. The monoisotopic (exact) mass is 316 g/mol. The molecule has 0 aliphatic carbocycles. The van der Waals surface area contributed by atoms with Crippen LogP contribution >= 0.6 is 0 Å². The molecular weight excluding hydrogens is 296 g/mol. The van der Waals surface area contributed by atoms with E-state index in [4.69, 9.17) is 10.5 Å². The van der Waals surface area contributed by atoms with Gasteiger partial charge in [-0.25, -0.2) is 4.98 Å². The molecule has 122 valence electrons. The van der Waals surface area contributed by atoms with Crippen LogP contribution in [0.4, 0.5) is 0 Å². The normalized spacial score (nSPS) is 21.5. The number of primary amides is 1. The lowest BCUT2D eigenvalue weighted by Gasteiger charge is -2.38. The van der Waals surface area contributed by atoms with Crippen LogP contribution in [0.25, 0.3) is 11.0 Å². The molecule has 23 heavy (non-hydrogen) atoms. The molecule has 2 heterocycles. The Balaban J connectivity index is 1.61. The van der Waals surface area contributed by atoms with Crippen molar-refractivity contribution in [3.05, 3.63) is 30.1 Å². The number of rotatable bonds is 4. The smallest absolute Gasteiger partial charge is 0.251 e. The van der Waals surface area contributed by atoms with Gasteiger partial charge in [0.15, 0.2) is 5.60 Å². The number of amides is 2. The SMILES string of the molecule is C[C@]1(C(N)=O)CN(C(=O)CCc2nc3ccccc3[nH]2)CCO1. The minimum atomic E-state index is -1.10. The van der Waals surface area contributed by atoms with E-state index >= 15 is 0 Å². The van der Waals surface area contributed by atoms with E-state index < -0.39 is 11.5 Å². The van der Waals surface area contributed by atoms with Crippen LogP contribution in [0.1, 0.15) is 19.2 Å². The number of carbonyl (C=O) groups excluding carboxylic acids is 2. The second-order valence-electron chi connectivity index (χ2n) is 5.96. The largest absolute Gasteiger partial charge is 0.367 e. The Morgan fingerprint density at radius 2 is 2.22 bits per heavy atom. The van der Waals surface area contributed by atoms with Gasteiger partial charge >= 0.3 is 0 Å². The molecule has 1 aliphatic heterocycles. The molecule has 3 N–H and O–H groups in total. The fraction of sp³-hybridized carbons (Fsp3) is 0.438. The third-order valence-corrected chi connectivity index (χ3v) is 4.16. The first-order valence-corrected chi connectivity index (χ1v) is 7.63. The summed E-state index contributed by atoms with van der Waals surface area (Å²) < 4.78 is 5.42. The second-order valence-corrected chi connectivity index (χ2v) is 5.96. The minimum absolute atomic E-state index is 0.0266. The van der Waals surface area contributed by atoms with Crippen molar-refractivity contribution < 1.29 is 14.3 Å². The van der Waals surface area contributed by atoms with E-state index in [-0.39, 0.29) is 12.5 Å². The lowest BCUT2D eigenvalue weighted by atomic mass is 10.0. The van der Waals surface area contributed by atoms with Crippen LogP contribution < -0.4 is 5.73 Å². The number of aromatic nitrogens is 2. The van der Waals surface area contributed by atoms with Gasteiger partial charge in [0, 0.05) is 19.4 Å². The number of nitrogens with two attached hydrogens (primary N) is 1. The van der Waals surface area contributed by atoms with Crippen molar-refractivity contribution >= 4 is 22.8 Å². The molecule has 1 fully saturated rings. The van der Waals surface area contributed by atoms with E-state index in [1.807, 2.05) is 24.3 Å². The predicted molar refractivity (Wildman–Crippen MR) is 84.5 cm³/mol. The number of morpholine rings is 1. The number of H-pyrrole nitrogens is 1. The van der Waals surface area contributed by atoms with Crippen LogP contribution in [0.15, 0.2) is 24.3 Å². The molecule has 7 nitrogen and oxygen atoms in total. The number of ether oxygens (including phenoxy) is 1. The van der Waals surface area contributed by atoms with Gasteiger partial charge in [-0.15, -0.1) is 0 Å². The van der Waals surface area contributed by atoms with E-state index in [9.17, 15) is 9.59 Å². The average molecular weight is 316 g/mol. The molecule has 0 saturated carbocycles. The molecule has 1 aromatic heterocycles. The number of imidazole rings is 1. The number of hydrogen-bond donors (Lipinski definition) is 2. The second kappa shape index (κ2) is 6.00. The van der Waals surface area contributed by atoms with Crippen LogP contribution in [-0.4, -0.2) is 52.0 Å². The molecule has 0 radical (unpaired) electrons. The Labute approximate surface area is 133 Å². The molecule has 1 saturated heterocycles. The quantitative estimate of drug-likeness (QED) is 0.862. The van der Waals surface area contributed by atoms with Gasteiger partial charge in [0.25, 0.3) is 5.91 Å². The molecular formula is C16H20N4O3. The molecule has 3 rings (SSSR count). The highest BCUT2D eigenvalue weighted by atomic mass is 16.5. The first-order valence-electron chi connectivity index (χ1n) is 7.63. The maximum Gasteiger partial charge on any atom is 0.251 e. The fourth-order valence-corrected chi connectivity index (χ4v) is 2.74. The molecule has 0 bridgehead atoms. The van der Waals surface area contributed by atoms with Crippen molar-refractivity contribution in [3.8, 4) is 0 Å². The number of nitrogens with zero attached hydrogens (tertiary/aromatic N) is 2. The van der Waals surface area contributed by atoms with E-state index in [0.717, 1.165) is 16.9 Å². The lowest BCUT2D eigenvalue weighted by Crippen LogP contribution is -2.58. The number of fused-ring (bicyclic) bond motifs is 1. The Morgan fingerprint density at radius 1 is 1.43 bits per heavy atom. The number of aryl methyl sites for hydroxylation is 1. The molecule has 2 aromatic rings. The first kappa shape index (κ1) is 15.5. The van der Waals surface area contributed by atoms with Crippen molar-refractivity contribution in [2.75, 3.05) is 19.7 Å². The zero-order valence-corrected chi connectivity index (χ0v) is 13.0. The van der Waals surface area contributed by atoms with Crippen LogP contribution in [0.5, 0.6) is 0 Å². The predicted octanol–water partition coefficient (Wildman–Crippen LogP) is 0.598. The summed E-state index contributed by atoms with van der Waals surface area (Å²) in [7, 11) is 0. The van der Waals surface area contributed by atoms with Crippen molar-refractivity contribution in [2.24, 2.45) is 5.73 Å². The molecule has 2 amide bonds. The third-order valence-electron chi connectivity index (χ3n) is 4.16. The van der Waals surface area contributed by atoms with Gasteiger partial charge in [-0.3, -0.25) is 9.59 Å². The van der Waals surface area contributed by atoms with Gasteiger partial charge in [-0.2, -0.15) is 0 Å². The van der Waals surface area contributed by atoms with E-state index in [0.29, 0.717) is 26.0 Å². The van der Waals surface area contributed by atoms with Crippen LogP contribution in [0.3, 0.4) is 0 Å². The van der Waals surface area contributed by atoms with Crippen LogP contribution in [0.2, 0.25) is 0 Å². The standard InChI is InChI=1S/C16H20N4O3/c1-16(15(17)22)10-20(8-9-23-16)14(21)7-6-13-18-11-4-2-3-5-12(11)19-13/h2-5H,6-10H2,1H3,(H2,17,22)(H,18,19)/t16-/m1/s1. The summed E-state index contributed by atoms with van der Waals surface area (Å²) >= 11 is 0. The summed E-state index contributed by atoms with van der Waals surface area (Å²) in [6.07, 6.45) is 0.854. The molecule has 0 unspecified atom stereocenters. The van der Waals surface area contributed by atoms with Gasteiger partial charge in [0.2, 0.25) is 5.91 Å². The highest BCUT2D eigenvalue weighted by molar-refractivity contribution is 5.85. The Morgan fingerprint density at radius 3 is 2.96 bits per heavy atom. The topological polar surface area (TPSA) is 101 Å². The zero-order chi connectivity index (χ0) is 16.4. The van der Waals surface area contributed by atoms with Gasteiger partial charge in [-0.1, -0.05) is 12.1 Å². The Hall–Kier alpha value is -2.41. The number of benzene rings is 1. The van der Waals surface area contributed by atoms with E-state index in [1.54, 1.807) is 11.8 Å². The van der Waals surface area contributed by atoms with E-state index in [1.165, 1.54) is 0 Å². The summed E-state index contributed by atoms with van der Waals surface area (Å²) in [5.74, 6) is 0.207. The third kappa shape index (κ3) is 3.19. The van der Waals surface area contributed by atoms with E-state index in [2.05, 4.69) is 9.97 Å². The number of carbonyl (C=O) groups is 2. The summed E-state index contributed by atoms with van der Waals surface area (Å²) in [5, 5.41) is 0. The summed E-state index contributed by atoms with van der Waals surface area (Å²) in [5.41, 5.74) is 6.10. The molecule has 7 heteroatoms. The minimum Gasteiger partial charge on any atom is -0.367 e. The molecule has 1 aromatic carbocycles. The number of hydrogen-bond acceptors (Lipinski definition) is 4. The van der Waals surface area contributed by atoms with Crippen molar-refractivity contribution in [2.45, 2.75) is 25.4 Å². The number of para-hydroxylation sites is 2. The number of aromatic amines is 1. The average Bonchev–Trinajstić information content (AvgIpc) is 2.95. The molecule has 1 atom stereocenters.